The van der Waals surface area contributed by atoms with E-state index in [1.54, 1.807) is 11.6 Å². The number of nitrogens with zero attached hydrogens (tertiary/aromatic N) is 4. The molecular weight excluding hydrogens is 254 g/mol. The molecule has 0 radical (unpaired) electrons. The van der Waals surface area contributed by atoms with E-state index in [4.69, 9.17) is 0 Å². The summed E-state index contributed by atoms with van der Waals surface area (Å²) in [5.41, 5.74) is 0. The van der Waals surface area contributed by atoms with Crippen LogP contribution in [0.5, 0.6) is 0 Å². The van der Waals surface area contributed by atoms with Crippen LogP contribution in [0.25, 0.3) is 0 Å². The van der Waals surface area contributed by atoms with Gasteiger partial charge in [0.05, 0.1) is 13.7 Å². The SMILES string of the molecule is COC(=O)C(C)Sc1nnnn1CCNC1CC1. The summed E-state index contributed by atoms with van der Waals surface area (Å²) >= 11 is 1.31. The maximum atomic E-state index is 11.3. The Kier molecular flexibility index (Phi) is 4.54. The first-order valence-corrected chi connectivity index (χ1v) is 6.82. The standard InChI is InChI=1S/C10H17N5O2S/c1-7(9(16)17-2)18-10-12-13-14-15(10)6-5-11-8-3-4-8/h7-8,11H,3-6H2,1-2H3. The van der Waals surface area contributed by atoms with Crippen LogP contribution in [-0.2, 0) is 16.1 Å². The predicted molar refractivity (Wildman–Crippen MR) is 66.2 cm³/mol. The number of rotatable bonds is 7. The van der Waals surface area contributed by atoms with Crippen LogP contribution in [0.2, 0.25) is 0 Å². The summed E-state index contributed by atoms with van der Waals surface area (Å²) < 4.78 is 6.38. The number of hydrogen-bond donors (Lipinski definition) is 1. The lowest BCUT2D eigenvalue weighted by Gasteiger charge is -2.08. The molecule has 1 aromatic rings. The van der Waals surface area contributed by atoms with Crippen LogP contribution >= 0.6 is 11.8 Å². The molecule has 7 nitrogen and oxygen atoms in total. The first-order chi connectivity index (χ1) is 8.70. The Labute approximate surface area is 110 Å². The minimum absolute atomic E-state index is 0.273. The van der Waals surface area contributed by atoms with Crippen molar-refractivity contribution in [2.45, 2.75) is 42.8 Å². The Hall–Kier alpha value is -1.15. The molecule has 1 N–H and O–H groups in total. The Morgan fingerprint density at radius 3 is 3.11 bits per heavy atom. The number of aromatic nitrogens is 4. The molecule has 18 heavy (non-hydrogen) atoms. The number of thioether (sulfide) groups is 1. The molecule has 1 aromatic heterocycles. The van der Waals surface area contributed by atoms with Crippen LogP contribution < -0.4 is 5.32 Å². The minimum Gasteiger partial charge on any atom is -0.468 e. The van der Waals surface area contributed by atoms with Crippen molar-refractivity contribution in [2.75, 3.05) is 13.7 Å². The highest BCUT2D eigenvalue weighted by atomic mass is 32.2. The van der Waals surface area contributed by atoms with Gasteiger partial charge in [-0.25, -0.2) is 4.68 Å². The second-order valence-electron chi connectivity index (χ2n) is 4.20. The minimum atomic E-state index is -0.309. The van der Waals surface area contributed by atoms with E-state index in [2.05, 4.69) is 25.6 Å². The monoisotopic (exact) mass is 271 g/mol. The van der Waals surface area contributed by atoms with Gasteiger partial charge in [0, 0.05) is 12.6 Å². The number of ether oxygens (including phenoxy) is 1. The molecule has 100 valence electrons. The predicted octanol–water partition coefficient (Wildman–Crippen LogP) is 0.0787. The molecule has 0 aliphatic heterocycles. The lowest BCUT2D eigenvalue weighted by molar-refractivity contribution is -0.139. The molecule has 1 heterocycles. The van der Waals surface area contributed by atoms with Crippen molar-refractivity contribution in [3.63, 3.8) is 0 Å². The van der Waals surface area contributed by atoms with Gasteiger partial charge in [0.25, 0.3) is 0 Å². The third kappa shape index (κ3) is 3.67. The lowest BCUT2D eigenvalue weighted by Crippen LogP contribution is -2.23. The van der Waals surface area contributed by atoms with Crippen molar-refractivity contribution in [1.29, 1.82) is 0 Å². The van der Waals surface area contributed by atoms with E-state index in [0.717, 1.165) is 6.54 Å². The van der Waals surface area contributed by atoms with Gasteiger partial charge in [-0.15, -0.1) is 5.10 Å². The van der Waals surface area contributed by atoms with Crippen molar-refractivity contribution in [2.24, 2.45) is 0 Å². The topological polar surface area (TPSA) is 81.9 Å². The molecule has 8 heteroatoms. The highest BCUT2D eigenvalue weighted by Gasteiger charge is 2.21. The smallest absolute Gasteiger partial charge is 0.318 e. The summed E-state index contributed by atoms with van der Waals surface area (Å²) in [6, 6.07) is 0.673. The van der Waals surface area contributed by atoms with Crippen molar-refractivity contribution in [1.82, 2.24) is 25.5 Å². The zero-order valence-corrected chi connectivity index (χ0v) is 11.3. The number of methoxy groups -OCH3 is 1. The second kappa shape index (κ2) is 6.14. The van der Waals surface area contributed by atoms with E-state index >= 15 is 0 Å². The van der Waals surface area contributed by atoms with E-state index in [1.807, 2.05) is 0 Å². The molecule has 0 amide bonds. The number of esters is 1. The van der Waals surface area contributed by atoms with Crippen molar-refractivity contribution >= 4 is 17.7 Å². The van der Waals surface area contributed by atoms with E-state index < -0.39 is 0 Å². The summed E-state index contributed by atoms with van der Waals surface area (Å²) in [5, 5.41) is 15.2. The molecule has 1 aliphatic rings. The highest BCUT2D eigenvalue weighted by molar-refractivity contribution is 8.00. The first kappa shape index (κ1) is 13.3. The first-order valence-electron chi connectivity index (χ1n) is 5.94. The number of carbonyl (C=O) groups is 1. The van der Waals surface area contributed by atoms with Crippen LogP contribution in [0.4, 0.5) is 0 Å². The summed E-state index contributed by atoms with van der Waals surface area (Å²) in [7, 11) is 1.38. The van der Waals surface area contributed by atoms with Crippen molar-refractivity contribution in [3.8, 4) is 0 Å². The molecule has 1 unspecified atom stereocenters. The molecule has 2 rings (SSSR count). The van der Waals surface area contributed by atoms with E-state index in [1.165, 1.54) is 31.7 Å². The number of carbonyl (C=O) groups excluding carboxylic acids is 1. The van der Waals surface area contributed by atoms with Gasteiger partial charge >= 0.3 is 5.97 Å². The largest absolute Gasteiger partial charge is 0.468 e. The van der Waals surface area contributed by atoms with Crippen molar-refractivity contribution < 1.29 is 9.53 Å². The fourth-order valence-electron chi connectivity index (χ4n) is 1.46. The van der Waals surface area contributed by atoms with E-state index in [-0.39, 0.29) is 11.2 Å². The molecule has 0 spiro atoms. The van der Waals surface area contributed by atoms with E-state index in [9.17, 15) is 4.79 Å². The average molecular weight is 271 g/mol. The summed E-state index contributed by atoms with van der Waals surface area (Å²) in [6.07, 6.45) is 2.52. The second-order valence-corrected chi connectivity index (χ2v) is 5.50. The summed E-state index contributed by atoms with van der Waals surface area (Å²) in [4.78, 5) is 11.3. The maximum absolute atomic E-state index is 11.3. The molecule has 1 saturated carbocycles. The van der Waals surface area contributed by atoms with Gasteiger partial charge in [0.2, 0.25) is 5.16 Å². The van der Waals surface area contributed by atoms with Gasteiger partial charge < -0.3 is 10.1 Å². The van der Waals surface area contributed by atoms with Gasteiger partial charge in [-0.2, -0.15) is 0 Å². The molecule has 0 aromatic carbocycles. The molecule has 1 fully saturated rings. The quantitative estimate of drug-likeness (QED) is 0.555. The zero-order chi connectivity index (χ0) is 13.0. The Balaban J connectivity index is 1.83. The van der Waals surface area contributed by atoms with Gasteiger partial charge in [-0.3, -0.25) is 4.79 Å². The maximum Gasteiger partial charge on any atom is 0.318 e. The Morgan fingerprint density at radius 2 is 2.44 bits per heavy atom. The fraction of sp³-hybridized carbons (Fsp3) is 0.800. The van der Waals surface area contributed by atoms with Gasteiger partial charge in [-0.05, 0) is 30.2 Å². The highest BCUT2D eigenvalue weighted by Crippen LogP contribution is 2.21. The van der Waals surface area contributed by atoms with E-state index in [0.29, 0.717) is 17.7 Å². The van der Waals surface area contributed by atoms with Crippen LogP contribution in [0.3, 0.4) is 0 Å². The average Bonchev–Trinajstić information content (AvgIpc) is 3.09. The molecular formula is C10H17N5O2S. The summed E-state index contributed by atoms with van der Waals surface area (Å²) in [5.74, 6) is -0.273. The fourth-order valence-corrected chi connectivity index (χ4v) is 2.30. The van der Waals surface area contributed by atoms with Crippen LogP contribution in [0, 0.1) is 0 Å². The van der Waals surface area contributed by atoms with Crippen LogP contribution in [-0.4, -0.2) is 51.1 Å². The third-order valence-electron chi connectivity index (χ3n) is 2.65. The Bertz CT molecular complexity index is 407. The third-order valence-corrected chi connectivity index (χ3v) is 3.70. The number of hydrogen-bond acceptors (Lipinski definition) is 7. The normalized spacial score (nSPS) is 16.6. The van der Waals surface area contributed by atoms with Gasteiger partial charge in [0.1, 0.15) is 5.25 Å². The van der Waals surface area contributed by atoms with Gasteiger partial charge in [0.15, 0.2) is 0 Å². The van der Waals surface area contributed by atoms with Crippen LogP contribution in [0.1, 0.15) is 19.8 Å². The number of nitrogens with one attached hydrogen (secondary N) is 1. The zero-order valence-electron chi connectivity index (χ0n) is 10.5. The molecule has 0 bridgehead atoms. The van der Waals surface area contributed by atoms with Gasteiger partial charge in [-0.1, -0.05) is 11.8 Å². The molecule has 0 saturated heterocycles. The Morgan fingerprint density at radius 1 is 1.67 bits per heavy atom. The molecule has 1 aliphatic carbocycles. The lowest BCUT2D eigenvalue weighted by atomic mass is 10.5. The van der Waals surface area contributed by atoms with Crippen LogP contribution in [0.15, 0.2) is 5.16 Å². The summed E-state index contributed by atoms with van der Waals surface area (Å²) in [6.45, 7) is 3.33. The van der Waals surface area contributed by atoms with Crippen molar-refractivity contribution in [3.05, 3.63) is 0 Å². The molecule has 1 atom stereocenters. The number of tetrazole rings is 1.